The lowest BCUT2D eigenvalue weighted by atomic mass is 9.86. The molecule has 9 heteroatoms. The Labute approximate surface area is 218 Å². The summed E-state index contributed by atoms with van der Waals surface area (Å²) in [5.41, 5.74) is 4.37. The third-order valence-corrected chi connectivity index (χ3v) is 10.2. The van der Waals surface area contributed by atoms with Crippen LogP contribution in [-0.2, 0) is 37.0 Å². The van der Waals surface area contributed by atoms with E-state index in [1.807, 2.05) is 17.4 Å². The lowest BCUT2D eigenvalue weighted by molar-refractivity contribution is -0.113. The number of thioether (sulfide) groups is 1. The lowest BCUT2D eigenvalue weighted by Crippen LogP contribution is -2.15. The fourth-order valence-electron chi connectivity index (χ4n) is 5.07. The average molecular weight is 524 g/mol. The van der Waals surface area contributed by atoms with Crippen molar-refractivity contribution < 1.29 is 4.79 Å². The number of aryl methyl sites for hydroxylation is 1. The maximum absolute atomic E-state index is 12.9. The number of carbonyl (C=O) groups is 1. The number of thiophene rings is 2. The second-order valence-electron chi connectivity index (χ2n) is 9.14. The summed E-state index contributed by atoms with van der Waals surface area (Å²) in [4.78, 5) is 15.6. The van der Waals surface area contributed by atoms with Gasteiger partial charge in [0.05, 0.1) is 11.3 Å². The Morgan fingerprint density at radius 1 is 1.31 bits per heavy atom. The number of amides is 1. The van der Waals surface area contributed by atoms with Gasteiger partial charge in [-0.05, 0) is 62.0 Å². The Balaban J connectivity index is 1.30. The molecule has 0 aliphatic heterocycles. The van der Waals surface area contributed by atoms with Gasteiger partial charge in [-0.3, -0.25) is 9.36 Å². The normalized spacial score (nSPS) is 16.9. The first-order valence-electron chi connectivity index (χ1n) is 12.2. The number of nitrogens with zero attached hydrogens (tertiary/aromatic N) is 4. The molecule has 1 amide bonds. The van der Waals surface area contributed by atoms with E-state index in [2.05, 4.69) is 45.0 Å². The highest BCUT2D eigenvalue weighted by atomic mass is 32.2. The van der Waals surface area contributed by atoms with Crippen LogP contribution in [0.4, 0.5) is 5.00 Å². The summed E-state index contributed by atoms with van der Waals surface area (Å²) in [5.74, 6) is 1.61. The fraction of sp³-hybridized carbons (Fsp3) is 0.462. The van der Waals surface area contributed by atoms with Gasteiger partial charge in [-0.25, -0.2) is 0 Å². The predicted octanol–water partition coefficient (Wildman–Crippen LogP) is 6.25. The van der Waals surface area contributed by atoms with Crippen LogP contribution in [0.3, 0.4) is 0 Å². The van der Waals surface area contributed by atoms with Crippen molar-refractivity contribution in [2.75, 3.05) is 11.1 Å². The second-order valence-corrected chi connectivity index (χ2v) is 12.1. The number of hydrogen-bond donors (Lipinski definition) is 1. The largest absolute Gasteiger partial charge is 0.316 e. The molecule has 1 atom stereocenters. The monoisotopic (exact) mass is 523 g/mol. The van der Waals surface area contributed by atoms with Crippen molar-refractivity contribution in [1.82, 2.24) is 14.8 Å². The molecule has 5 rings (SSSR count). The quantitative estimate of drug-likeness (QED) is 0.279. The van der Waals surface area contributed by atoms with Crippen molar-refractivity contribution in [2.45, 2.75) is 70.0 Å². The fourth-order valence-corrected chi connectivity index (χ4v) is 8.27. The van der Waals surface area contributed by atoms with E-state index in [1.54, 1.807) is 11.3 Å². The van der Waals surface area contributed by atoms with Crippen LogP contribution in [0.25, 0.3) is 11.4 Å². The van der Waals surface area contributed by atoms with Crippen molar-refractivity contribution >= 4 is 45.3 Å². The van der Waals surface area contributed by atoms with Gasteiger partial charge in [0.15, 0.2) is 11.0 Å². The maximum Gasteiger partial charge on any atom is 0.235 e. The highest BCUT2D eigenvalue weighted by Crippen LogP contribution is 2.40. The van der Waals surface area contributed by atoms with Crippen molar-refractivity contribution in [3.63, 3.8) is 0 Å². The summed E-state index contributed by atoms with van der Waals surface area (Å²) in [6, 6.07) is 2.34. The summed E-state index contributed by atoms with van der Waals surface area (Å²) in [6.45, 7) is 6.72. The predicted molar refractivity (Wildman–Crippen MR) is 144 cm³/mol. The van der Waals surface area contributed by atoms with Crippen LogP contribution in [-0.4, -0.2) is 26.4 Å². The third-order valence-electron chi connectivity index (χ3n) is 6.97. The SMILES string of the molecule is C=CCn1c(SCC(=O)Nc2sc3c(c2C#N)CCC(CC)C3)nnc1-c1csc2c1CCCC2. The number of aromatic nitrogens is 3. The van der Waals surface area contributed by atoms with Crippen LogP contribution in [0.1, 0.15) is 59.1 Å². The summed E-state index contributed by atoms with van der Waals surface area (Å²) >= 11 is 4.77. The number of anilines is 1. The van der Waals surface area contributed by atoms with Crippen LogP contribution < -0.4 is 5.32 Å². The molecule has 0 saturated carbocycles. The molecule has 182 valence electrons. The zero-order valence-electron chi connectivity index (χ0n) is 19.9. The summed E-state index contributed by atoms with van der Waals surface area (Å²) in [6.07, 6.45) is 10.7. The van der Waals surface area contributed by atoms with E-state index >= 15 is 0 Å². The van der Waals surface area contributed by atoms with Gasteiger partial charge in [0.2, 0.25) is 5.91 Å². The van der Waals surface area contributed by atoms with E-state index in [4.69, 9.17) is 0 Å². The van der Waals surface area contributed by atoms with Crippen LogP contribution in [0.2, 0.25) is 0 Å². The lowest BCUT2D eigenvalue weighted by Gasteiger charge is -2.20. The third kappa shape index (κ3) is 4.84. The smallest absolute Gasteiger partial charge is 0.235 e. The maximum atomic E-state index is 12.9. The van der Waals surface area contributed by atoms with Gasteiger partial charge in [-0.15, -0.1) is 39.4 Å². The van der Waals surface area contributed by atoms with Gasteiger partial charge in [-0.1, -0.05) is 31.2 Å². The molecule has 3 aromatic rings. The number of carbonyl (C=O) groups excluding carboxylic acids is 1. The molecule has 0 fully saturated rings. The molecule has 6 nitrogen and oxygen atoms in total. The molecule has 0 saturated heterocycles. The average Bonchev–Trinajstić information content (AvgIpc) is 3.57. The second kappa shape index (κ2) is 10.7. The highest BCUT2D eigenvalue weighted by Gasteiger charge is 2.26. The number of nitrogens with one attached hydrogen (secondary N) is 1. The van der Waals surface area contributed by atoms with E-state index in [0.717, 1.165) is 49.9 Å². The first-order valence-corrected chi connectivity index (χ1v) is 14.9. The minimum atomic E-state index is -0.125. The van der Waals surface area contributed by atoms with Crippen molar-refractivity contribution in [2.24, 2.45) is 5.92 Å². The molecular weight excluding hydrogens is 495 g/mol. The Bertz CT molecular complexity index is 1300. The van der Waals surface area contributed by atoms with E-state index in [1.165, 1.54) is 45.5 Å². The first kappa shape index (κ1) is 24.3. The molecule has 3 aromatic heterocycles. The molecule has 2 aliphatic carbocycles. The number of nitriles is 1. The summed E-state index contributed by atoms with van der Waals surface area (Å²) < 4.78 is 2.05. The van der Waals surface area contributed by atoms with Crippen LogP contribution in [0, 0.1) is 17.2 Å². The van der Waals surface area contributed by atoms with Crippen molar-refractivity contribution in [1.29, 1.82) is 5.26 Å². The van der Waals surface area contributed by atoms with E-state index in [0.29, 0.717) is 28.2 Å². The molecule has 1 N–H and O–H groups in total. The Hall–Kier alpha value is -2.41. The van der Waals surface area contributed by atoms with Crippen LogP contribution in [0.15, 0.2) is 23.2 Å². The molecule has 0 radical (unpaired) electrons. The van der Waals surface area contributed by atoms with Crippen molar-refractivity contribution in [3.8, 4) is 17.5 Å². The van der Waals surface area contributed by atoms with Gasteiger partial charge in [0.25, 0.3) is 0 Å². The molecule has 0 bridgehead atoms. The minimum Gasteiger partial charge on any atom is -0.316 e. The van der Waals surface area contributed by atoms with Crippen molar-refractivity contribution in [3.05, 3.63) is 44.5 Å². The molecule has 1 unspecified atom stereocenters. The zero-order valence-corrected chi connectivity index (χ0v) is 22.4. The van der Waals surface area contributed by atoms with E-state index in [-0.39, 0.29) is 11.7 Å². The Morgan fingerprint density at radius 3 is 2.97 bits per heavy atom. The van der Waals surface area contributed by atoms with Gasteiger partial charge in [-0.2, -0.15) is 5.26 Å². The molecule has 35 heavy (non-hydrogen) atoms. The van der Waals surface area contributed by atoms with Crippen LogP contribution in [0.5, 0.6) is 0 Å². The molecule has 0 spiro atoms. The summed E-state index contributed by atoms with van der Waals surface area (Å²) in [5, 5.41) is 25.3. The molecule has 0 aromatic carbocycles. The first-order chi connectivity index (χ1) is 17.1. The van der Waals surface area contributed by atoms with E-state index in [9.17, 15) is 10.1 Å². The Kier molecular flexibility index (Phi) is 7.42. The summed E-state index contributed by atoms with van der Waals surface area (Å²) in [7, 11) is 0. The minimum absolute atomic E-state index is 0.125. The molecule has 3 heterocycles. The van der Waals surface area contributed by atoms with E-state index < -0.39 is 0 Å². The molecular formula is C26H29N5OS3. The number of rotatable bonds is 8. The van der Waals surface area contributed by atoms with Gasteiger partial charge < -0.3 is 5.32 Å². The van der Waals surface area contributed by atoms with Gasteiger partial charge in [0, 0.05) is 27.2 Å². The van der Waals surface area contributed by atoms with Crippen LogP contribution >= 0.6 is 34.4 Å². The highest BCUT2D eigenvalue weighted by molar-refractivity contribution is 7.99. The van der Waals surface area contributed by atoms with Gasteiger partial charge >= 0.3 is 0 Å². The standard InChI is InChI=1S/C26H29N5OS3/c1-3-11-31-24(20-14-33-21-8-6-5-7-17(20)21)29-30-26(31)34-15-23(32)28-25-19(13-27)18-10-9-16(4-2)12-22(18)35-25/h3,14,16H,1,4-12,15H2,2H3,(H,28,32). The Morgan fingerprint density at radius 2 is 2.17 bits per heavy atom. The van der Waals surface area contributed by atoms with Gasteiger partial charge in [0.1, 0.15) is 11.1 Å². The number of fused-ring (bicyclic) bond motifs is 2. The number of allylic oxidation sites excluding steroid dienone is 1. The molecule has 2 aliphatic rings. The zero-order chi connectivity index (χ0) is 24.4. The topological polar surface area (TPSA) is 83.6 Å². The number of hydrogen-bond acceptors (Lipinski definition) is 7.